The average molecular weight is 272 g/mol. The van der Waals surface area contributed by atoms with E-state index in [4.69, 9.17) is 16.7 Å². The zero-order valence-corrected chi connectivity index (χ0v) is 11.2. The predicted molar refractivity (Wildman–Crippen MR) is 70.7 cm³/mol. The topological polar surface area (TPSA) is 69.6 Å². The van der Waals surface area contributed by atoms with Crippen LogP contribution < -0.4 is 5.32 Å². The summed E-state index contributed by atoms with van der Waals surface area (Å²) in [6, 6.07) is 6.31. The Morgan fingerprint density at radius 2 is 1.89 bits per heavy atom. The van der Waals surface area contributed by atoms with Crippen molar-refractivity contribution in [2.24, 2.45) is 0 Å². The molecule has 1 aromatic rings. The minimum Gasteiger partial charge on any atom is -0.481 e. The van der Waals surface area contributed by atoms with Crippen molar-refractivity contribution >= 4 is 17.6 Å². The van der Waals surface area contributed by atoms with Gasteiger partial charge in [-0.05, 0) is 17.7 Å². The van der Waals surface area contributed by atoms with Crippen LogP contribution in [0.3, 0.4) is 0 Å². The van der Waals surface area contributed by atoms with Crippen molar-refractivity contribution in [1.82, 2.24) is 5.32 Å². The van der Waals surface area contributed by atoms with Gasteiger partial charge in [-0.25, -0.2) is 0 Å². The molecule has 0 fully saturated rings. The summed E-state index contributed by atoms with van der Waals surface area (Å²) in [5.74, 6) is -0.943. The largest absolute Gasteiger partial charge is 0.481 e. The van der Waals surface area contributed by atoms with Gasteiger partial charge >= 0.3 is 5.97 Å². The molecule has 0 aliphatic heterocycles. The number of rotatable bonds is 6. The maximum absolute atomic E-state index is 10.8. The summed E-state index contributed by atoms with van der Waals surface area (Å²) in [5.41, 5.74) is 0.652. The van der Waals surface area contributed by atoms with Crippen molar-refractivity contribution in [2.45, 2.75) is 38.5 Å². The van der Waals surface area contributed by atoms with Crippen LogP contribution in [0.25, 0.3) is 0 Å². The number of hydrogen-bond donors (Lipinski definition) is 3. The van der Waals surface area contributed by atoms with Crippen LogP contribution in [0.4, 0.5) is 0 Å². The third kappa shape index (κ3) is 4.64. The number of aliphatic hydroxyl groups is 1. The Labute approximate surface area is 112 Å². The number of nitrogens with one attached hydrogen (secondary N) is 1. The Morgan fingerprint density at radius 3 is 2.33 bits per heavy atom. The molecule has 4 nitrogen and oxygen atoms in total. The van der Waals surface area contributed by atoms with E-state index in [1.54, 1.807) is 24.3 Å². The van der Waals surface area contributed by atoms with E-state index in [1.807, 2.05) is 13.8 Å². The molecule has 0 heterocycles. The summed E-state index contributed by atoms with van der Waals surface area (Å²) in [7, 11) is 0. The SMILES string of the molecule is CC(C)NC(CC(=O)O)C(O)c1ccc(Cl)cc1. The molecule has 0 aromatic heterocycles. The van der Waals surface area contributed by atoms with Crippen molar-refractivity contribution in [2.75, 3.05) is 0 Å². The normalized spacial score (nSPS) is 14.5. The number of carboxylic acids is 1. The van der Waals surface area contributed by atoms with Crippen LogP contribution in [-0.4, -0.2) is 28.3 Å². The van der Waals surface area contributed by atoms with Gasteiger partial charge in [-0.3, -0.25) is 4.79 Å². The van der Waals surface area contributed by atoms with Crippen molar-refractivity contribution in [3.63, 3.8) is 0 Å². The van der Waals surface area contributed by atoms with Crippen LogP contribution in [0.15, 0.2) is 24.3 Å². The number of carboxylic acid groups (broad SMARTS) is 1. The molecule has 0 aliphatic rings. The second-order valence-corrected chi connectivity index (χ2v) is 4.96. The van der Waals surface area contributed by atoms with Gasteiger partial charge in [0.1, 0.15) is 0 Å². The zero-order chi connectivity index (χ0) is 13.7. The summed E-state index contributed by atoms with van der Waals surface area (Å²) >= 11 is 5.77. The number of aliphatic hydroxyl groups excluding tert-OH is 1. The zero-order valence-electron chi connectivity index (χ0n) is 10.4. The van der Waals surface area contributed by atoms with E-state index in [-0.39, 0.29) is 12.5 Å². The first kappa shape index (κ1) is 15.0. The second kappa shape index (κ2) is 6.73. The van der Waals surface area contributed by atoms with E-state index in [2.05, 4.69) is 5.32 Å². The molecule has 0 saturated heterocycles. The maximum Gasteiger partial charge on any atom is 0.305 e. The molecular formula is C13H18ClNO3. The third-order valence-electron chi connectivity index (χ3n) is 2.53. The fourth-order valence-corrected chi connectivity index (χ4v) is 1.90. The monoisotopic (exact) mass is 271 g/mol. The summed E-state index contributed by atoms with van der Waals surface area (Å²) in [6.07, 6.45) is -1.01. The van der Waals surface area contributed by atoms with Crippen LogP contribution in [0, 0.1) is 0 Å². The van der Waals surface area contributed by atoms with Gasteiger partial charge in [0.15, 0.2) is 0 Å². The highest BCUT2D eigenvalue weighted by Gasteiger charge is 2.23. The van der Waals surface area contributed by atoms with Crippen LogP contribution in [0.2, 0.25) is 5.02 Å². The molecule has 2 unspecified atom stereocenters. The highest BCUT2D eigenvalue weighted by Crippen LogP contribution is 2.21. The molecule has 0 radical (unpaired) electrons. The quantitative estimate of drug-likeness (QED) is 0.742. The van der Waals surface area contributed by atoms with Gasteiger partial charge in [-0.2, -0.15) is 0 Å². The van der Waals surface area contributed by atoms with Crippen molar-refractivity contribution in [1.29, 1.82) is 0 Å². The third-order valence-corrected chi connectivity index (χ3v) is 2.79. The van der Waals surface area contributed by atoms with Gasteiger partial charge in [-0.1, -0.05) is 37.6 Å². The first-order chi connectivity index (χ1) is 8.40. The van der Waals surface area contributed by atoms with E-state index in [0.29, 0.717) is 10.6 Å². The molecule has 2 atom stereocenters. The number of benzene rings is 1. The lowest BCUT2D eigenvalue weighted by Gasteiger charge is -2.25. The van der Waals surface area contributed by atoms with Crippen molar-refractivity contribution in [3.8, 4) is 0 Å². The number of halogens is 1. The summed E-state index contributed by atoms with van der Waals surface area (Å²) in [6.45, 7) is 3.81. The fraction of sp³-hybridized carbons (Fsp3) is 0.462. The first-order valence-electron chi connectivity index (χ1n) is 5.81. The number of carbonyl (C=O) groups is 1. The minimum atomic E-state index is -0.943. The van der Waals surface area contributed by atoms with E-state index < -0.39 is 18.1 Å². The summed E-state index contributed by atoms with van der Waals surface area (Å²) in [5, 5.41) is 22.7. The molecule has 5 heteroatoms. The van der Waals surface area contributed by atoms with Gasteiger partial charge in [0.05, 0.1) is 12.5 Å². The summed E-state index contributed by atoms with van der Waals surface area (Å²) < 4.78 is 0. The Kier molecular flexibility index (Phi) is 5.59. The predicted octanol–water partition coefficient (Wildman–Crippen LogP) is 2.21. The Balaban J connectivity index is 2.83. The highest BCUT2D eigenvalue weighted by molar-refractivity contribution is 6.30. The fourth-order valence-electron chi connectivity index (χ4n) is 1.77. The van der Waals surface area contributed by atoms with E-state index in [1.165, 1.54) is 0 Å². The van der Waals surface area contributed by atoms with Gasteiger partial charge in [0.2, 0.25) is 0 Å². The standard InChI is InChI=1S/C13H18ClNO3/c1-8(2)15-11(7-12(16)17)13(18)9-3-5-10(14)6-4-9/h3-6,8,11,13,15,18H,7H2,1-2H3,(H,16,17). The molecule has 0 saturated carbocycles. The lowest BCUT2D eigenvalue weighted by molar-refractivity contribution is -0.138. The lowest BCUT2D eigenvalue weighted by Crippen LogP contribution is -2.40. The Hall–Kier alpha value is -1.10. The molecule has 18 heavy (non-hydrogen) atoms. The van der Waals surface area contributed by atoms with Gasteiger partial charge in [0.25, 0.3) is 0 Å². The second-order valence-electron chi connectivity index (χ2n) is 4.52. The molecule has 1 rings (SSSR count). The first-order valence-corrected chi connectivity index (χ1v) is 6.19. The van der Waals surface area contributed by atoms with E-state index in [9.17, 15) is 9.90 Å². The molecule has 0 amide bonds. The molecule has 0 spiro atoms. The van der Waals surface area contributed by atoms with Gasteiger partial charge in [-0.15, -0.1) is 0 Å². The van der Waals surface area contributed by atoms with Crippen molar-refractivity contribution in [3.05, 3.63) is 34.9 Å². The number of aliphatic carboxylic acids is 1. The molecule has 100 valence electrons. The van der Waals surface area contributed by atoms with E-state index in [0.717, 1.165) is 0 Å². The van der Waals surface area contributed by atoms with E-state index >= 15 is 0 Å². The van der Waals surface area contributed by atoms with Crippen LogP contribution in [0.5, 0.6) is 0 Å². The highest BCUT2D eigenvalue weighted by atomic mass is 35.5. The van der Waals surface area contributed by atoms with Gasteiger partial charge < -0.3 is 15.5 Å². The smallest absolute Gasteiger partial charge is 0.305 e. The van der Waals surface area contributed by atoms with Gasteiger partial charge in [0, 0.05) is 17.1 Å². The molecular weight excluding hydrogens is 254 g/mol. The molecule has 1 aromatic carbocycles. The lowest BCUT2D eigenvalue weighted by atomic mass is 9.99. The average Bonchev–Trinajstić information content (AvgIpc) is 2.27. The molecule has 0 aliphatic carbocycles. The molecule has 3 N–H and O–H groups in total. The number of hydrogen-bond acceptors (Lipinski definition) is 3. The minimum absolute atomic E-state index is 0.0938. The van der Waals surface area contributed by atoms with Crippen LogP contribution in [-0.2, 0) is 4.79 Å². The maximum atomic E-state index is 10.8. The summed E-state index contributed by atoms with van der Waals surface area (Å²) in [4.78, 5) is 10.8. The Morgan fingerprint density at radius 1 is 1.33 bits per heavy atom. The Bertz CT molecular complexity index is 392. The van der Waals surface area contributed by atoms with Crippen LogP contribution in [0.1, 0.15) is 31.9 Å². The molecule has 0 bridgehead atoms. The van der Waals surface area contributed by atoms with Crippen molar-refractivity contribution < 1.29 is 15.0 Å². The van der Waals surface area contributed by atoms with Crippen LogP contribution >= 0.6 is 11.6 Å².